The van der Waals surface area contributed by atoms with Gasteiger partial charge in [0.25, 0.3) is 0 Å². The van der Waals surface area contributed by atoms with Crippen molar-refractivity contribution in [2.75, 3.05) is 0 Å². The maximum absolute atomic E-state index is 12.7. The van der Waals surface area contributed by atoms with Gasteiger partial charge in [0, 0.05) is 0 Å². The average Bonchev–Trinajstić information content (AvgIpc) is 3.05. The number of rotatable bonds is 3. The molecule has 5 heteroatoms. The molecule has 2 nitrogen and oxygen atoms in total. The van der Waals surface area contributed by atoms with Gasteiger partial charge in [-0.05, 0) is 57.6 Å². The summed E-state index contributed by atoms with van der Waals surface area (Å²) in [5.41, 5.74) is 5.19. The molecule has 31 heavy (non-hydrogen) atoms. The number of hydrogen-bond donors (Lipinski definition) is 1. The molecule has 0 spiro atoms. The molecular formula is C26H17F3O2. The summed E-state index contributed by atoms with van der Waals surface area (Å²) in [5, 5.41) is 9.87. The van der Waals surface area contributed by atoms with Gasteiger partial charge in [0.2, 0.25) is 0 Å². The number of phenols is 1. The molecule has 0 unspecified atom stereocenters. The molecule has 0 fully saturated rings. The molecule has 0 radical (unpaired) electrons. The van der Waals surface area contributed by atoms with E-state index in [1.807, 2.05) is 48.5 Å². The number of halogens is 3. The van der Waals surface area contributed by atoms with E-state index >= 15 is 0 Å². The van der Waals surface area contributed by atoms with Crippen LogP contribution < -0.4 is 4.74 Å². The molecule has 0 amide bonds. The number of alkyl halides is 3. The SMILES string of the molecule is Oc1ccc(C2(c3ccc(OC(F)(F)F)cc3)c3ccccc3-c3ccccc32)cc1. The summed E-state index contributed by atoms with van der Waals surface area (Å²) in [6, 6.07) is 29.1. The van der Waals surface area contributed by atoms with Crippen LogP contribution in [0, 0.1) is 0 Å². The Kier molecular flexibility index (Phi) is 4.29. The lowest BCUT2D eigenvalue weighted by atomic mass is 9.68. The van der Waals surface area contributed by atoms with Crippen molar-refractivity contribution in [2.45, 2.75) is 11.8 Å². The predicted molar refractivity (Wildman–Crippen MR) is 112 cm³/mol. The number of ether oxygens (including phenoxy) is 1. The zero-order valence-corrected chi connectivity index (χ0v) is 16.2. The Balaban J connectivity index is 1.80. The van der Waals surface area contributed by atoms with Gasteiger partial charge in [0.15, 0.2) is 0 Å². The quantitative estimate of drug-likeness (QED) is 0.355. The first-order valence-corrected chi connectivity index (χ1v) is 9.75. The van der Waals surface area contributed by atoms with E-state index in [0.717, 1.165) is 33.4 Å². The standard InChI is InChI=1S/C26H17F3O2/c27-26(28,29)31-20-15-11-18(12-16-20)25(17-9-13-19(30)14-10-17)23-7-3-1-5-21(23)22-6-2-4-8-24(22)25/h1-16,30H. The van der Waals surface area contributed by atoms with Crippen LogP contribution in [0.5, 0.6) is 11.5 Å². The third-order valence-corrected chi connectivity index (χ3v) is 5.77. The average molecular weight is 418 g/mol. The van der Waals surface area contributed by atoms with Crippen molar-refractivity contribution in [1.82, 2.24) is 0 Å². The monoisotopic (exact) mass is 418 g/mol. The minimum absolute atomic E-state index is 0.146. The summed E-state index contributed by atoms with van der Waals surface area (Å²) in [4.78, 5) is 0. The van der Waals surface area contributed by atoms with Crippen LogP contribution in [-0.4, -0.2) is 11.5 Å². The van der Waals surface area contributed by atoms with Gasteiger partial charge >= 0.3 is 6.36 Å². The third-order valence-electron chi connectivity index (χ3n) is 5.77. The Morgan fingerprint density at radius 3 is 1.55 bits per heavy atom. The molecule has 1 N–H and O–H groups in total. The molecule has 0 aliphatic heterocycles. The Bertz CT molecular complexity index is 1200. The summed E-state index contributed by atoms with van der Waals surface area (Å²) in [6.07, 6.45) is -4.75. The molecule has 0 saturated carbocycles. The summed E-state index contributed by atoms with van der Waals surface area (Å²) in [6.45, 7) is 0. The molecule has 1 aliphatic rings. The maximum atomic E-state index is 12.7. The fourth-order valence-corrected chi connectivity index (χ4v) is 4.64. The van der Waals surface area contributed by atoms with E-state index in [1.165, 1.54) is 12.1 Å². The van der Waals surface area contributed by atoms with Crippen LogP contribution in [0.2, 0.25) is 0 Å². The molecule has 154 valence electrons. The van der Waals surface area contributed by atoms with Crippen molar-refractivity contribution in [3.8, 4) is 22.6 Å². The topological polar surface area (TPSA) is 29.5 Å². The van der Waals surface area contributed by atoms with Crippen molar-refractivity contribution >= 4 is 0 Å². The van der Waals surface area contributed by atoms with Crippen LogP contribution in [0.3, 0.4) is 0 Å². The maximum Gasteiger partial charge on any atom is 0.573 e. The largest absolute Gasteiger partial charge is 0.573 e. The highest BCUT2D eigenvalue weighted by molar-refractivity contribution is 5.86. The van der Waals surface area contributed by atoms with Crippen molar-refractivity contribution in [3.05, 3.63) is 119 Å². The van der Waals surface area contributed by atoms with E-state index < -0.39 is 11.8 Å². The zero-order valence-electron chi connectivity index (χ0n) is 16.2. The molecule has 1 aliphatic carbocycles. The predicted octanol–water partition coefficient (Wildman–Crippen LogP) is 6.65. The fraction of sp³-hybridized carbons (Fsp3) is 0.0769. The third kappa shape index (κ3) is 3.05. The van der Waals surface area contributed by atoms with E-state index in [-0.39, 0.29) is 11.5 Å². The zero-order chi connectivity index (χ0) is 21.6. The Hall–Kier alpha value is -3.73. The Morgan fingerprint density at radius 1 is 0.613 bits per heavy atom. The number of benzene rings is 4. The van der Waals surface area contributed by atoms with Crippen molar-refractivity contribution < 1.29 is 23.0 Å². The Labute approximate surface area is 177 Å². The molecule has 0 aromatic heterocycles. The second kappa shape index (κ2) is 6.91. The second-order valence-corrected chi connectivity index (χ2v) is 7.46. The van der Waals surface area contributed by atoms with Gasteiger partial charge in [-0.3, -0.25) is 0 Å². The molecular weight excluding hydrogens is 401 g/mol. The molecule has 0 saturated heterocycles. The summed E-state index contributed by atoms with van der Waals surface area (Å²) >= 11 is 0. The van der Waals surface area contributed by atoms with Crippen LogP contribution in [-0.2, 0) is 5.41 Å². The van der Waals surface area contributed by atoms with Gasteiger partial charge in [-0.25, -0.2) is 0 Å². The number of aromatic hydroxyl groups is 1. The molecule has 0 bridgehead atoms. The number of phenolic OH excluding ortho intramolecular Hbond substituents is 1. The Morgan fingerprint density at radius 2 is 1.06 bits per heavy atom. The van der Waals surface area contributed by atoms with Gasteiger partial charge < -0.3 is 9.84 Å². The van der Waals surface area contributed by atoms with E-state index in [1.54, 1.807) is 24.3 Å². The van der Waals surface area contributed by atoms with E-state index in [0.29, 0.717) is 0 Å². The van der Waals surface area contributed by atoms with Gasteiger partial charge in [-0.2, -0.15) is 0 Å². The van der Waals surface area contributed by atoms with Crippen molar-refractivity contribution in [1.29, 1.82) is 0 Å². The van der Waals surface area contributed by atoms with Crippen LogP contribution >= 0.6 is 0 Å². The smallest absolute Gasteiger partial charge is 0.508 e. The molecule has 5 rings (SSSR count). The van der Waals surface area contributed by atoms with Crippen LogP contribution in [0.15, 0.2) is 97.1 Å². The second-order valence-electron chi connectivity index (χ2n) is 7.46. The van der Waals surface area contributed by atoms with E-state index in [9.17, 15) is 18.3 Å². The van der Waals surface area contributed by atoms with Gasteiger partial charge in [-0.1, -0.05) is 72.8 Å². The summed E-state index contributed by atoms with van der Waals surface area (Å²) in [7, 11) is 0. The summed E-state index contributed by atoms with van der Waals surface area (Å²) in [5.74, 6) is -0.121. The van der Waals surface area contributed by atoms with Gasteiger partial charge in [0.05, 0.1) is 5.41 Å². The van der Waals surface area contributed by atoms with Crippen LogP contribution in [0.4, 0.5) is 13.2 Å². The van der Waals surface area contributed by atoms with Crippen LogP contribution in [0.1, 0.15) is 22.3 Å². The number of hydrogen-bond acceptors (Lipinski definition) is 2. The first-order valence-electron chi connectivity index (χ1n) is 9.75. The minimum Gasteiger partial charge on any atom is -0.508 e. The lowest BCUT2D eigenvalue weighted by Crippen LogP contribution is -2.28. The fourth-order valence-electron chi connectivity index (χ4n) is 4.64. The molecule has 4 aromatic carbocycles. The van der Waals surface area contributed by atoms with E-state index in [4.69, 9.17) is 0 Å². The van der Waals surface area contributed by atoms with Gasteiger partial charge in [0.1, 0.15) is 11.5 Å². The highest BCUT2D eigenvalue weighted by Crippen LogP contribution is 2.56. The first-order chi connectivity index (χ1) is 14.9. The lowest BCUT2D eigenvalue weighted by Gasteiger charge is -2.34. The minimum atomic E-state index is -4.75. The van der Waals surface area contributed by atoms with Crippen molar-refractivity contribution in [2.24, 2.45) is 0 Å². The molecule has 0 heterocycles. The summed E-state index contributed by atoms with van der Waals surface area (Å²) < 4.78 is 42.1. The number of fused-ring (bicyclic) bond motifs is 3. The van der Waals surface area contributed by atoms with Crippen molar-refractivity contribution in [3.63, 3.8) is 0 Å². The highest BCUT2D eigenvalue weighted by atomic mass is 19.4. The van der Waals surface area contributed by atoms with Gasteiger partial charge in [-0.15, -0.1) is 13.2 Å². The molecule has 4 aromatic rings. The lowest BCUT2D eigenvalue weighted by molar-refractivity contribution is -0.274. The molecule has 0 atom stereocenters. The normalized spacial score (nSPS) is 14.0. The highest BCUT2D eigenvalue weighted by Gasteiger charge is 2.45. The van der Waals surface area contributed by atoms with Crippen LogP contribution in [0.25, 0.3) is 11.1 Å². The van der Waals surface area contributed by atoms with E-state index in [2.05, 4.69) is 16.9 Å². The first kappa shape index (κ1) is 19.2.